The van der Waals surface area contributed by atoms with E-state index >= 15 is 0 Å². The summed E-state index contributed by atoms with van der Waals surface area (Å²) in [6.07, 6.45) is -7.62. The van der Waals surface area contributed by atoms with Crippen molar-refractivity contribution in [3.05, 3.63) is 0 Å². The van der Waals surface area contributed by atoms with Crippen LogP contribution < -0.4 is 16.0 Å². The van der Waals surface area contributed by atoms with Crippen LogP contribution in [0.1, 0.15) is 12.8 Å². The molecule has 1 rings (SSSR count). The van der Waals surface area contributed by atoms with E-state index in [2.05, 4.69) is 16.0 Å². The monoisotopic (exact) mass is 425 g/mol. The number of hydrogen-bond acceptors (Lipinski definition) is 11. The molecule has 0 radical (unpaired) electrons. The molecular formula is C16H31N3O10. The van der Waals surface area contributed by atoms with Gasteiger partial charge in [0.15, 0.2) is 0 Å². The molecule has 1 aliphatic rings. The molecule has 0 unspecified atom stereocenters. The lowest BCUT2D eigenvalue weighted by Gasteiger charge is -2.47. The minimum absolute atomic E-state index is 0.0787. The van der Waals surface area contributed by atoms with Crippen molar-refractivity contribution in [1.29, 1.82) is 0 Å². The summed E-state index contributed by atoms with van der Waals surface area (Å²) >= 11 is 0. The van der Waals surface area contributed by atoms with Crippen LogP contribution in [0.25, 0.3) is 0 Å². The fraction of sp³-hybridized carbons (Fsp3) is 0.875. The summed E-state index contributed by atoms with van der Waals surface area (Å²) in [6.45, 7) is -1.16. The molecule has 0 saturated heterocycles. The van der Waals surface area contributed by atoms with Crippen molar-refractivity contribution in [2.75, 3.05) is 26.2 Å². The predicted octanol–water partition coefficient (Wildman–Crippen LogP) is -5.38. The molecule has 1 saturated carbocycles. The number of carboxylic acids is 2. The van der Waals surface area contributed by atoms with E-state index in [4.69, 9.17) is 15.3 Å². The molecule has 0 heterocycles. The minimum atomic E-state index is -1.44. The number of hydrogen-bond donors (Lipinski definition) is 11. The zero-order valence-electron chi connectivity index (χ0n) is 15.8. The molecule has 0 amide bonds. The lowest BCUT2D eigenvalue weighted by molar-refractivity contribution is -0.137. The molecule has 0 aromatic rings. The van der Waals surface area contributed by atoms with Gasteiger partial charge in [0.05, 0.1) is 62.0 Å². The summed E-state index contributed by atoms with van der Waals surface area (Å²) < 4.78 is 0. The standard InChI is InChI=1S/C16H31N3O10/c20-6-8(22)7(21)5-19-13-15(28)11(17-3-1-9(23)24)14(27)12(16(13)29)18-4-2-10(25)26/h7-8,11-22,27-29H,1-6H2,(H,23,24)(H,25,26)/t7-,8+,11-,12+,13-,14+,15-,16+/m0/s1. The average molecular weight is 425 g/mol. The summed E-state index contributed by atoms with van der Waals surface area (Å²) in [6, 6.07) is -3.27. The highest BCUT2D eigenvalue weighted by Gasteiger charge is 2.49. The van der Waals surface area contributed by atoms with Crippen LogP contribution in [0.2, 0.25) is 0 Å². The molecule has 1 aliphatic carbocycles. The van der Waals surface area contributed by atoms with E-state index in [1.165, 1.54) is 0 Å². The molecule has 0 bridgehead atoms. The van der Waals surface area contributed by atoms with Gasteiger partial charge in [-0.1, -0.05) is 0 Å². The maximum Gasteiger partial charge on any atom is 0.304 e. The van der Waals surface area contributed by atoms with Crippen LogP contribution in [0.4, 0.5) is 0 Å². The first-order valence-corrected chi connectivity index (χ1v) is 9.25. The Balaban J connectivity index is 2.89. The van der Waals surface area contributed by atoms with Gasteiger partial charge in [0.1, 0.15) is 6.10 Å². The second kappa shape index (κ2) is 12.3. The molecule has 0 aromatic heterocycles. The third-order valence-corrected chi connectivity index (χ3v) is 4.84. The SMILES string of the molecule is O=C(O)CCN[C@@H]1[C@H](O)[C@H](NCCC(=O)O)[C@H](O)[C@H](NC[C@H](O)[C@H](O)CO)[C@@H]1O. The van der Waals surface area contributed by atoms with Crippen LogP contribution in [-0.2, 0) is 9.59 Å². The molecule has 29 heavy (non-hydrogen) atoms. The summed E-state index contributed by atoms with van der Waals surface area (Å²) in [7, 11) is 0. The second-order valence-corrected chi connectivity index (χ2v) is 6.97. The van der Waals surface area contributed by atoms with Crippen molar-refractivity contribution in [3.8, 4) is 0 Å². The van der Waals surface area contributed by atoms with Crippen LogP contribution in [-0.4, -0.2) is 128 Å². The largest absolute Gasteiger partial charge is 0.481 e. The molecule has 0 spiro atoms. The van der Waals surface area contributed by atoms with E-state index in [1.54, 1.807) is 0 Å². The van der Waals surface area contributed by atoms with Gasteiger partial charge in [-0.3, -0.25) is 9.59 Å². The number of aliphatic hydroxyl groups is 6. The van der Waals surface area contributed by atoms with Crippen molar-refractivity contribution in [1.82, 2.24) is 16.0 Å². The molecule has 8 atom stereocenters. The summed E-state index contributed by atoms with van der Waals surface area (Å²) in [5, 5.41) is 85.3. The highest BCUT2D eigenvalue weighted by molar-refractivity contribution is 5.67. The van der Waals surface area contributed by atoms with Gasteiger partial charge >= 0.3 is 11.9 Å². The van der Waals surface area contributed by atoms with Gasteiger partial charge in [-0.15, -0.1) is 0 Å². The molecule has 13 nitrogen and oxygen atoms in total. The zero-order valence-corrected chi connectivity index (χ0v) is 15.8. The Bertz CT molecular complexity index is 491. The molecule has 0 aliphatic heterocycles. The lowest BCUT2D eigenvalue weighted by atomic mass is 9.79. The van der Waals surface area contributed by atoms with Crippen molar-refractivity contribution in [2.24, 2.45) is 0 Å². The third-order valence-electron chi connectivity index (χ3n) is 4.84. The number of rotatable bonds is 13. The number of carboxylic acid groups (broad SMARTS) is 2. The van der Waals surface area contributed by atoms with Gasteiger partial charge in [-0.25, -0.2) is 0 Å². The van der Waals surface area contributed by atoms with Crippen LogP contribution in [0, 0.1) is 0 Å². The van der Waals surface area contributed by atoms with E-state index in [0.29, 0.717) is 0 Å². The summed E-state index contributed by atoms with van der Waals surface area (Å²) in [5.41, 5.74) is 0. The number of aliphatic hydroxyl groups excluding tert-OH is 6. The number of nitrogens with one attached hydrogen (secondary N) is 3. The van der Waals surface area contributed by atoms with Gasteiger partial charge < -0.3 is 56.8 Å². The molecule has 11 N–H and O–H groups in total. The lowest BCUT2D eigenvalue weighted by Crippen LogP contribution is -2.74. The van der Waals surface area contributed by atoms with Crippen LogP contribution >= 0.6 is 0 Å². The Morgan fingerprint density at radius 1 is 0.724 bits per heavy atom. The minimum Gasteiger partial charge on any atom is -0.481 e. The van der Waals surface area contributed by atoms with Crippen molar-refractivity contribution in [2.45, 2.75) is 61.5 Å². The van der Waals surface area contributed by atoms with E-state index in [9.17, 15) is 35.1 Å². The molecule has 170 valence electrons. The van der Waals surface area contributed by atoms with Crippen LogP contribution in [0.5, 0.6) is 0 Å². The Labute approximate surface area is 167 Å². The quantitative estimate of drug-likeness (QED) is 0.132. The smallest absolute Gasteiger partial charge is 0.304 e. The average Bonchev–Trinajstić information content (AvgIpc) is 2.65. The Morgan fingerprint density at radius 3 is 1.45 bits per heavy atom. The van der Waals surface area contributed by atoms with Gasteiger partial charge in [0.25, 0.3) is 0 Å². The van der Waals surface area contributed by atoms with E-state index < -0.39 is 67.2 Å². The van der Waals surface area contributed by atoms with E-state index in [-0.39, 0.29) is 32.5 Å². The zero-order chi connectivity index (χ0) is 22.1. The highest BCUT2D eigenvalue weighted by Crippen LogP contribution is 2.22. The Hall–Kier alpha value is -1.42. The maximum absolute atomic E-state index is 10.7. The fourth-order valence-electron chi connectivity index (χ4n) is 3.21. The van der Waals surface area contributed by atoms with E-state index in [1.807, 2.05) is 0 Å². The fourth-order valence-corrected chi connectivity index (χ4v) is 3.21. The maximum atomic E-state index is 10.7. The molecular weight excluding hydrogens is 394 g/mol. The van der Waals surface area contributed by atoms with Gasteiger partial charge in [0, 0.05) is 19.6 Å². The Morgan fingerprint density at radius 2 is 1.10 bits per heavy atom. The number of aliphatic carboxylic acids is 2. The molecule has 13 heteroatoms. The van der Waals surface area contributed by atoms with Gasteiger partial charge in [-0.2, -0.15) is 0 Å². The van der Waals surface area contributed by atoms with Crippen molar-refractivity contribution >= 4 is 11.9 Å². The number of carbonyl (C=O) groups is 2. The van der Waals surface area contributed by atoms with Crippen molar-refractivity contribution < 1.29 is 50.4 Å². The summed E-state index contributed by atoms with van der Waals surface area (Å²) in [5.74, 6) is -2.19. The first-order chi connectivity index (χ1) is 13.6. The van der Waals surface area contributed by atoms with Gasteiger partial charge in [0.2, 0.25) is 0 Å². The van der Waals surface area contributed by atoms with E-state index in [0.717, 1.165) is 0 Å². The third kappa shape index (κ3) is 7.73. The van der Waals surface area contributed by atoms with Crippen molar-refractivity contribution in [3.63, 3.8) is 0 Å². The van der Waals surface area contributed by atoms with Gasteiger partial charge in [-0.05, 0) is 0 Å². The first-order valence-electron chi connectivity index (χ1n) is 9.25. The predicted molar refractivity (Wildman–Crippen MR) is 97.0 cm³/mol. The van der Waals surface area contributed by atoms with Crippen LogP contribution in [0.3, 0.4) is 0 Å². The Kier molecular flexibility index (Phi) is 10.9. The molecule has 0 aromatic carbocycles. The first kappa shape index (κ1) is 25.6. The highest BCUT2D eigenvalue weighted by atomic mass is 16.4. The normalized spacial score (nSPS) is 31.9. The summed E-state index contributed by atoms with van der Waals surface area (Å²) in [4.78, 5) is 21.4. The topological polar surface area (TPSA) is 232 Å². The van der Waals surface area contributed by atoms with Crippen LogP contribution in [0.15, 0.2) is 0 Å². The molecule has 1 fully saturated rings. The second-order valence-electron chi connectivity index (χ2n) is 6.97.